The first-order valence-corrected chi connectivity index (χ1v) is 9.06. The zero-order valence-corrected chi connectivity index (χ0v) is 14.4. The van der Waals surface area contributed by atoms with Gasteiger partial charge in [0.2, 0.25) is 0 Å². The lowest BCUT2D eigenvalue weighted by atomic mass is 10.2. The molecule has 1 unspecified atom stereocenters. The summed E-state index contributed by atoms with van der Waals surface area (Å²) in [6, 6.07) is 2.22. The minimum absolute atomic E-state index is 0.0241. The SMILES string of the molecule is CCOC(C)CNC(=O)c1cc(S(=O)(=O)Cl)c(Cl)cc1Cl. The third-order valence-electron chi connectivity index (χ3n) is 2.53. The van der Waals surface area contributed by atoms with Gasteiger partial charge in [-0.25, -0.2) is 8.42 Å². The Morgan fingerprint density at radius 1 is 1.33 bits per heavy atom. The molecule has 118 valence electrons. The fourth-order valence-electron chi connectivity index (χ4n) is 1.57. The van der Waals surface area contributed by atoms with Gasteiger partial charge in [0.05, 0.1) is 21.7 Å². The minimum atomic E-state index is -4.07. The molecule has 1 N–H and O–H groups in total. The average molecular weight is 375 g/mol. The topological polar surface area (TPSA) is 72.5 Å². The molecule has 1 aromatic rings. The van der Waals surface area contributed by atoms with Crippen molar-refractivity contribution >= 4 is 48.8 Å². The molecule has 0 heterocycles. The van der Waals surface area contributed by atoms with Crippen LogP contribution >= 0.6 is 33.9 Å². The Labute approximate surface area is 137 Å². The predicted molar refractivity (Wildman–Crippen MR) is 82.9 cm³/mol. The number of carbonyl (C=O) groups excluding carboxylic acids is 1. The monoisotopic (exact) mass is 373 g/mol. The van der Waals surface area contributed by atoms with Gasteiger partial charge in [-0.05, 0) is 26.0 Å². The first-order chi connectivity index (χ1) is 9.66. The van der Waals surface area contributed by atoms with E-state index in [1.165, 1.54) is 6.07 Å². The Hall–Kier alpha value is -0.530. The van der Waals surface area contributed by atoms with Crippen molar-refractivity contribution in [2.24, 2.45) is 0 Å². The Balaban J connectivity index is 3.00. The van der Waals surface area contributed by atoms with Crippen LogP contribution in [0.25, 0.3) is 0 Å². The second-order valence-corrected chi connectivity index (χ2v) is 7.53. The van der Waals surface area contributed by atoms with Gasteiger partial charge in [-0.1, -0.05) is 23.2 Å². The summed E-state index contributed by atoms with van der Waals surface area (Å²) in [5.41, 5.74) is -0.0241. The quantitative estimate of drug-likeness (QED) is 0.777. The van der Waals surface area contributed by atoms with E-state index in [0.717, 1.165) is 6.07 Å². The van der Waals surface area contributed by atoms with E-state index >= 15 is 0 Å². The van der Waals surface area contributed by atoms with Crippen LogP contribution in [0.5, 0.6) is 0 Å². The van der Waals surface area contributed by atoms with Crippen molar-refractivity contribution < 1.29 is 17.9 Å². The van der Waals surface area contributed by atoms with Crippen molar-refractivity contribution in [3.63, 3.8) is 0 Å². The molecular weight excluding hydrogens is 361 g/mol. The van der Waals surface area contributed by atoms with E-state index < -0.39 is 15.0 Å². The van der Waals surface area contributed by atoms with Gasteiger partial charge in [-0.3, -0.25) is 4.79 Å². The van der Waals surface area contributed by atoms with Crippen LogP contribution in [-0.4, -0.2) is 33.6 Å². The van der Waals surface area contributed by atoms with Crippen LogP contribution < -0.4 is 5.32 Å². The van der Waals surface area contributed by atoms with E-state index in [4.69, 9.17) is 38.6 Å². The van der Waals surface area contributed by atoms with Crippen LogP contribution in [-0.2, 0) is 13.8 Å². The molecule has 0 aromatic heterocycles. The molecule has 1 atom stereocenters. The summed E-state index contributed by atoms with van der Waals surface area (Å²) in [6.07, 6.45) is -0.179. The number of carbonyl (C=O) groups is 1. The molecular formula is C12H14Cl3NO4S. The molecule has 9 heteroatoms. The molecule has 0 saturated heterocycles. The molecule has 1 aromatic carbocycles. The van der Waals surface area contributed by atoms with Gasteiger partial charge in [-0.2, -0.15) is 0 Å². The van der Waals surface area contributed by atoms with Crippen molar-refractivity contribution in [1.29, 1.82) is 0 Å². The van der Waals surface area contributed by atoms with Gasteiger partial charge >= 0.3 is 0 Å². The van der Waals surface area contributed by atoms with Crippen molar-refractivity contribution in [2.75, 3.05) is 13.2 Å². The van der Waals surface area contributed by atoms with Crippen LogP contribution in [0.3, 0.4) is 0 Å². The lowest BCUT2D eigenvalue weighted by molar-refractivity contribution is 0.0695. The first-order valence-electron chi connectivity index (χ1n) is 6.00. The van der Waals surface area contributed by atoms with E-state index in [1.54, 1.807) is 6.92 Å². The van der Waals surface area contributed by atoms with E-state index in [1.807, 2.05) is 6.92 Å². The van der Waals surface area contributed by atoms with Gasteiger partial charge < -0.3 is 10.1 Å². The molecule has 0 saturated carbocycles. The minimum Gasteiger partial charge on any atom is -0.377 e. The van der Waals surface area contributed by atoms with Gasteiger partial charge in [0.1, 0.15) is 4.90 Å². The third kappa shape index (κ3) is 5.30. The van der Waals surface area contributed by atoms with Crippen molar-refractivity contribution in [1.82, 2.24) is 5.32 Å². The number of amides is 1. The number of nitrogens with one attached hydrogen (secondary N) is 1. The molecule has 1 amide bonds. The Morgan fingerprint density at radius 3 is 2.48 bits per heavy atom. The molecule has 0 radical (unpaired) electrons. The predicted octanol–water partition coefficient (Wildman–Crippen LogP) is 3.08. The number of halogens is 3. The zero-order valence-electron chi connectivity index (χ0n) is 11.3. The highest BCUT2D eigenvalue weighted by molar-refractivity contribution is 8.13. The molecule has 1 rings (SSSR count). The molecule has 0 bridgehead atoms. The number of benzene rings is 1. The van der Waals surface area contributed by atoms with Gasteiger partial charge in [0.15, 0.2) is 0 Å². The maximum atomic E-state index is 12.0. The highest BCUT2D eigenvalue weighted by Crippen LogP contribution is 2.30. The molecule has 0 aliphatic heterocycles. The zero-order chi connectivity index (χ0) is 16.2. The smallest absolute Gasteiger partial charge is 0.262 e. The Morgan fingerprint density at radius 2 is 1.95 bits per heavy atom. The molecule has 0 aliphatic carbocycles. The summed E-state index contributed by atoms with van der Waals surface area (Å²) in [5, 5.41) is 2.48. The second kappa shape index (κ2) is 7.65. The van der Waals surface area contributed by atoms with Crippen molar-refractivity contribution in [3.8, 4) is 0 Å². The summed E-state index contributed by atoms with van der Waals surface area (Å²) in [4.78, 5) is 11.7. The fourth-order valence-corrected chi connectivity index (χ4v) is 3.39. The maximum absolute atomic E-state index is 12.0. The first kappa shape index (κ1) is 18.5. The standard InChI is InChI=1S/C12H14Cl3NO4S/c1-3-20-7(2)6-16-12(17)8-4-11(21(15,18)19)10(14)5-9(8)13/h4-5,7H,3,6H2,1-2H3,(H,16,17). The molecule has 0 aliphatic rings. The summed E-state index contributed by atoms with van der Waals surface area (Å²) in [7, 11) is 1.19. The van der Waals surface area contributed by atoms with Gasteiger partial charge in [0, 0.05) is 23.8 Å². The summed E-state index contributed by atoms with van der Waals surface area (Å²) in [5.74, 6) is -0.537. The average Bonchev–Trinajstić information content (AvgIpc) is 2.34. The van der Waals surface area contributed by atoms with Gasteiger partial charge in [-0.15, -0.1) is 0 Å². The lowest BCUT2D eigenvalue weighted by Gasteiger charge is -2.13. The third-order valence-corrected chi connectivity index (χ3v) is 4.63. The Bertz CT molecular complexity index is 634. The molecule has 0 fully saturated rings. The van der Waals surface area contributed by atoms with Crippen LogP contribution in [0, 0.1) is 0 Å². The highest BCUT2D eigenvalue weighted by atomic mass is 35.7. The van der Waals surface area contributed by atoms with E-state index in [9.17, 15) is 13.2 Å². The normalized spacial score (nSPS) is 13.0. The van der Waals surface area contributed by atoms with E-state index in [0.29, 0.717) is 6.61 Å². The van der Waals surface area contributed by atoms with E-state index in [-0.39, 0.29) is 33.2 Å². The van der Waals surface area contributed by atoms with Crippen molar-refractivity contribution in [2.45, 2.75) is 24.8 Å². The van der Waals surface area contributed by atoms with Crippen LogP contribution in [0.4, 0.5) is 0 Å². The molecule has 21 heavy (non-hydrogen) atoms. The summed E-state index contributed by atoms with van der Waals surface area (Å²) in [6.45, 7) is 4.41. The van der Waals surface area contributed by atoms with Gasteiger partial charge in [0.25, 0.3) is 15.0 Å². The Kier molecular flexibility index (Phi) is 6.74. The fraction of sp³-hybridized carbons (Fsp3) is 0.417. The van der Waals surface area contributed by atoms with Crippen LogP contribution in [0.2, 0.25) is 10.0 Å². The summed E-state index contributed by atoms with van der Waals surface area (Å²) < 4.78 is 28.0. The summed E-state index contributed by atoms with van der Waals surface area (Å²) >= 11 is 11.7. The second-order valence-electron chi connectivity index (χ2n) is 4.18. The highest BCUT2D eigenvalue weighted by Gasteiger charge is 2.21. The largest absolute Gasteiger partial charge is 0.377 e. The lowest BCUT2D eigenvalue weighted by Crippen LogP contribution is -2.32. The number of hydrogen-bond acceptors (Lipinski definition) is 4. The maximum Gasteiger partial charge on any atom is 0.262 e. The molecule has 5 nitrogen and oxygen atoms in total. The van der Waals surface area contributed by atoms with Crippen molar-refractivity contribution in [3.05, 3.63) is 27.7 Å². The molecule has 0 spiro atoms. The number of hydrogen-bond donors (Lipinski definition) is 1. The number of ether oxygens (including phenoxy) is 1. The van der Waals surface area contributed by atoms with Crippen LogP contribution in [0.1, 0.15) is 24.2 Å². The van der Waals surface area contributed by atoms with E-state index in [2.05, 4.69) is 5.32 Å². The number of rotatable bonds is 6. The van der Waals surface area contributed by atoms with Crippen LogP contribution in [0.15, 0.2) is 17.0 Å².